The highest BCUT2D eigenvalue weighted by molar-refractivity contribution is 9.10. The molecule has 0 radical (unpaired) electrons. The molecule has 0 atom stereocenters. The van der Waals surface area contributed by atoms with Crippen LogP contribution in [0.25, 0.3) is 0 Å². The summed E-state index contributed by atoms with van der Waals surface area (Å²) in [4.78, 5) is 0. The molecule has 0 aliphatic rings. The van der Waals surface area contributed by atoms with Crippen LogP contribution in [0, 0.1) is 11.6 Å². The van der Waals surface area contributed by atoms with Crippen LogP contribution in [0.15, 0.2) is 16.6 Å². The number of anilines is 1. The van der Waals surface area contributed by atoms with Gasteiger partial charge in [-0.2, -0.15) is 0 Å². The highest BCUT2D eigenvalue weighted by atomic mass is 79.9. The zero-order valence-electron chi connectivity index (χ0n) is 6.20. The number of hydrogen-bond donors (Lipinski definition) is 1. The average Bonchev–Trinajstić information content (AvgIpc) is 1.99. The predicted octanol–water partition coefficient (Wildman–Crippen LogP) is 3.19. The lowest BCUT2D eigenvalue weighted by Gasteiger charge is -2.01. The Labute approximate surface area is 83.7 Å². The smallest absolute Gasteiger partial charge is 0.142 e. The van der Waals surface area contributed by atoms with Crippen LogP contribution in [0.2, 0.25) is 0 Å². The number of hydrogen-bond acceptors (Lipinski definition) is 1. The Balaban J connectivity index is 0.00000121. The second-order valence-electron chi connectivity index (χ2n) is 2.00. The third kappa shape index (κ3) is 2.32. The molecule has 0 saturated heterocycles. The van der Waals surface area contributed by atoms with E-state index in [1.54, 1.807) is 7.05 Å². The first-order valence-electron chi connectivity index (χ1n) is 2.97. The molecule has 0 aliphatic heterocycles. The summed E-state index contributed by atoms with van der Waals surface area (Å²) in [5.41, 5.74) is 0.420. The van der Waals surface area contributed by atoms with Crippen molar-refractivity contribution >= 4 is 34.0 Å². The number of rotatable bonds is 1. The lowest BCUT2D eigenvalue weighted by Crippen LogP contribution is -1.92. The van der Waals surface area contributed by atoms with E-state index in [0.717, 1.165) is 0 Å². The number of halogens is 4. The van der Waals surface area contributed by atoms with Gasteiger partial charge in [0, 0.05) is 12.7 Å². The van der Waals surface area contributed by atoms with E-state index in [-0.39, 0.29) is 16.9 Å². The third-order valence-electron chi connectivity index (χ3n) is 1.27. The van der Waals surface area contributed by atoms with Crippen molar-refractivity contribution < 1.29 is 8.78 Å². The fourth-order valence-corrected chi connectivity index (χ4v) is 0.929. The molecule has 0 heterocycles. The molecule has 68 valence electrons. The van der Waals surface area contributed by atoms with Crippen molar-refractivity contribution in [3.05, 3.63) is 28.2 Å². The Morgan fingerprint density at radius 1 is 1.25 bits per heavy atom. The standard InChI is InChI=1S/C7H6BrF2N.ClH/c1-11-4-2-5(9)7(8)6(10)3-4;/h2-3,11H,1H3;1H. The van der Waals surface area contributed by atoms with Gasteiger partial charge in [0.1, 0.15) is 11.6 Å². The molecule has 1 aromatic carbocycles. The minimum absolute atomic E-state index is 0. The Morgan fingerprint density at radius 2 is 1.67 bits per heavy atom. The highest BCUT2D eigenvalue weighted by Gasteiger charge is 2.06. The zero-order chi connectivity index (χ0) is 8.43. The minimum atomic E-state index is -0.602. The monoisotopic (exact) mass is 257 g/mol. The molecule has 0 saturated carbocycles. The fourth-order valence-electron chi connectivity index (χ4n) is 0.700. The molecule has 0 bridgehead atoms. The van der Waals surface area contributed by atoms with Gasteiger partial charge in [-0.25, -0.2) is 8.78 Å². The van der Waals surface area contributed by atoms with Crippen LogP contribution in [0.1, 0.15) is 0 Å². The van der Waals surface area contributed by atoms with E-state index in [0.29, 0.717) is 5.69 Å². The lowest BCUT2D eigenvalue weighted by molar-refractivity contribution is 0.573. The molecule has 1 N–H and O–H groups in total. The summed E-state index contributed by atoms with van der Waals surface area (Å²) in [6.45, 7) is 0. The summed E-state index contributed by atoms with van der Waals surface area (Å²) in [5.74, 6) is -1.20. The zero-order valence-corrected chi connectivity index (χ0v) is 8.60. The van der Waals surface area contributed by atoms with E-state index in [1.165, 1.54) is 12.1 Å². The van der Waals surface area contributed by atoms with Crippen molar-refractivity contribution in [2.45, 2.75) is 0 Å². The number of benzene rings is 1. The average molecular weight is 258 g/mol. The summed E-state index contributed by atoms with van der Waals surface area (Å²) >= 11 is 2.76. The van der Waals surface area contributed by atoms with Crippen LogP contribution >= 0.6 is 28.3 Å². The second kappa shape index (κ2) is 4.62. The number of nitrogens with one attached hydrogen (secondary N) is 1. The lowest BCUT2D eigenvalue weighted by atomic mass is 10.3. The topological polar surface area (TPSA) is 12.0 Å². The van der Waals surface area contributed by atoms with Crippen LogP contribution in [-0.2, 0) is 0 Å². The summed E-state index contributed by atoms with van der Waals surface area (Å²) in [6.07, 6.45) is 0. The normalized spacial score (nSPS) is 9.00. The highest BCUT2D eigenvalue weighted by Crippen LogP contribution is 2.23. The maximum absolute atomic E-state index is 12.7. The van der Waals surface area contributed by atoms with Crippen molar-refractivity contribution in [2.24, 2.45) is 0 Å². The van der Waals surface area contributed by atoms with E-state index in [2.05, 4.69) is 21.2 Å². The van der Waals surface area contributed by atoms with Gasteiger partial charge in [-0.15, -0.1) is 12.4 Å². The van der Waals surface area contributed by atoms with E-state index in [9.17, 15) is 8.78 Å². The molecular weight excluding hydrogens is 251 g/mol. The molecule has 0 amide bonds. The van der Waals surface area contributed by atoms with Crippen LogP contribution in [-0.4, -0.2) is 7.05 Å². The minimum Gasteiger partial charge on any atom is -0.388 e. The molecule has 1 rings (SSSR count). The summed E-state index contributed by atoms with van der Waals surface area (Å²) < 4.78 is 25.3. The van der Waals surface area contributed by atoms with Gasteiger partial charge in [0.05, 0.1) is 4.47 Å². The van der Waals surface area contributed by atoms with Gasteiger partial charge in [-0.1, -0.05) is 0 Å². The Kier molecular flexibility index (Phi) is 4.49. The van der Waals surface area contributed by atoms with E-state index in [1.807, 2.05) is 0 Å². The molecule has 5 heteroatoms. The van der Waals surface area contributed by atoms with Gasteiger partial charge >= 0.3 is 0 Å². The quantitative estimate of drug-likeness (QED) is 0.763. The van der Waals surface area contributed by atoms with Gasteiger partial charge < -0.3 is 5.32 Å². The third-order valence-corrected chi connectivity index (χ3v) is 2.03. The Hall–Kier alpha value is -0.350. The van der Waals surface area contributed by atoms with Gasteiger partial charge in [-0.05, 0) is 28.1 Å². The van der Waals surface area contributed by atoms with Crippen LogP contribution in [0.3, 0.4) is 0 Å². The van der Waals surface area contributed by atoms with E-state index in [4.69, 9.17) is 0 Å². The molecule has 1 aromatic rings. The first-order chi connectivity index (χ1) is 5.15. The summed E-state index contributed by atoms with van der Waals surface area (Å²) in [5, 5.41) is 2.64. The Bertz CT molecular complexity index is 257. The van der Waals surface area contributed by atoms with Crippen molar-refractivity contribution in [3.8, 4) is 0 Å². The largest absolute Gasteiger partial charge is 0.388 e. The first-order valence-corrected chi connectivity index (χ1v) is 3.76. The molecule has 12 heavy (non-hydrogen) atoms. The van der Waals surface area contributed by atoms with Gasteiger partial charge in [0.25, 0.3) is 0 Å². The summed E-state index contributed by atoms with van der Waals surface area (Å²) in [7, 11) is 1.60. The maximum Gasteiger partial charge on any atom is 0.142 e. The van der Waals surface area contributed by atoms with Crippen LogP contribution in [0.5, 0.6) is 0 Å². The molecular formula is C7H7BrClF2N. The predicted molar refractivity (Wildman–Crippen MR) is 50.9 cm³/mol. The van der Waals surface area contributed by atoms with E-state index < -0.39 is 11.6 Å². The van der Waals surface area contributed by atoms with Gasteiger partial charge in [0.15, 0.2) is 0 Å². The second-order valence-corrected chi connectivity index (χ2v) is 2.80. The van der Waals surface area contributed by atoms with Gasteiger partial charge in [-0.3, -0.25) is 0 Å². The van der Waals surface area contributed by atoms with Crippen molar-refractivity contribution in [1.82, 2.24) is 0 Å². The van der Waals surface area contributed by atoms with Crippen LogP contribution in [0.4, 0.5) is 14.5 Å². The molecule has 0 aromatic heterocycles. The molecule has 1 nitrogen and oxygen atoms in total. The van der Waals surface area contributed by atoms with E-state index >= 15 is 0 Å². The first kappa shape index (κ1) is 11.6. The molecule has 0 unspecified atom stereocenters. The van der Waals surface area contributed by atoms with Crippen molar-refractivity contribution in [1.29, 1.82) is 0 Å². The molecule has 0 fully saturated rings. The maximum atomic E-state index is 12.7. The summed E-state index contributed by atoms with van der Waals surface area (Å²) in [6, 6.07) is 2.43. The fraction of sp³-hybridized carbons (Fsp3) is 0.143. The van der Waals surface area contributed by atoms with Crippen molar-refractivity contribution in [2.75, 3.05) is 12.4 Å². The van der Waals surface area contributed by atoms with Gasteiger partial charge in [0.2, 0.25) is 0 Å². The molecule has 0 aliphatic carbocycles. The molecule has 0 spiro atoms. The SMILES string of the molecule is CNc1cc(F)c(Br)c(F)c1.Cl. The van der Waals surface area contributed by atoms with Crippen LogP contribution < -0.4 is 5.32 Å². The Morgan fingerprint density at radius 3 is 2.00 bits per heavy atom. The van der Waals surface area contributed by atoms with Crippen molar-refractivity contribution in [3.63, 3.8) is 0 Å².